The first kappa shape index (κ1) is 16.5. The lowest BCUT2D eigenvalue weighted by molar-refractivity contribution is -0.142. The molecule has 3 rings (SSSR count). The van der Waals surface area contributed by atoms with Crippen LogP contribution in [0.15, 0.2) is 42.6 Å². The quantitative estimate of drug-likeness (QED) is 0.891. The van der Waals surface area contributed by atoms with Gasteiger partial charge in [0.25, 0.3) is 5.91 Å². The van der Waals surface area contributed by atoms with Gasteiger partial charge >= 0.3 is 5.97 Å². The molecule has 1 aliphatic rings. The molecule has 0 aliphatic heterocycles. The molecule has 1 aliphatic carbocycles. The molecule has 0 radical (unpaired) electrons. The average Bonchev–Trinajstić information content (AvgIpc) is 3.04. The number of hydrogen-bond donors (Lipinski definition) is 2. The number of rotatable bonds is 4. The van der Waals surface area contributed by atoms with Crippen LogP contribution in [0.3, 0.4) is 0 Å². The van der Waals surface area contributed by atoms with E-state index in [1.165, 1.54) is 0 Å². The van der Waals surface area contributed by atoms with Gasteiger partial charge in [0.1, 0.15) is 0 Å². The number of nitrogens with one attached hydrogen (secondary N) is 1. The van der Waals surface area contributed by atoms with E-state index in [1.54, 1.807) is 24.4 Å². The largest absolute Gasteiger partial charge is 0.481 e. The minimum atomic E-state index is -0.869. The molecule has 2 atom stereocenters. The van der Waals surface area contributed by atoms with E-state index in [-0.39, 0.29) is 11.9 Å². The molecule has 124 valence electrons. The van der Waals surface area contributed by atoms with Crippen LogP contribution < -0.4 is 5.32 Å². The maximum atomic E-state index is 12.6. The number of carbonyl (C=O) groups excluding carboxylic acids is 1. The third-order valence-corrected chi connectivity index (χ3v) is 4.65. The van der Waals surface area contributed by atoms with Crippen LogP contribution in [-0.2, 0) is 4.79 Å². The van der Waals surface area contributed by atoms with Crippen molar-refractivity contribution in [3.8, 4) is 11.3 Å². The minimum Gasteiger partial charge on any atom is -0.481 e. The van der Waals surface area contributed by atoms with Gasteiger partial charge in [0.05, 0.1) is 22.2 Å². The summed E-state index contributed by atoms with van der Waals surface area (Å²) in [5.74, 6) is -1.76. The third kappa shape index (κ3) is 3.41. The second kappa shape index (κ2) is 7.01. The molecule has 1 aromatic carbocycles. The van der Waals surface area contributed by atoms with Gasteiger partial charge in [0.2, 0.25) is 0 Å². The van der Waals surface area contributed by atoms with Crippen LogP contribution in [0.5, 0.6) is 0 Å². The molecule has 1 amide bonds. The molecule has 0 spiro atoms. The van der Waals surface area contributed by atoms with Crippen molar-refractivity contribution in [2.75, 3.05) is 0 Å². The van der Waals surface area contributed by atoms with E-state index < -0.39 is 11.9 Å². The van der Waals surface area contributed by atoms with Crippen molar-refractivity contribution in [2.24, 2.45) is 5.92 Å². The Morgan fingerprint density at radius 1 is 1.21 bits per heavy atom. The Morgan fingerprint density at radius 3 is 2.75 bits per heavy atom. The fourth-order valence-electron chi connectivity index (χ4n) is 3.07. The number of benzene rings is 1. The smallest absolute Gasteiger partial charge is 0.308 e. The van der Waals surface area contributed by atoms with Crippen LogP contribution in [0.4, 0.5) is 0 Å². The van der Waals surface area contributed by atoms with Crippen LogP contribution in [0.2, 0.25) is 5.02 Å². The van der Waals surface area contributed by atoms with Crippen molar-refractivity contribution in [1.29, 1.82) is 0 Å². The van der Waals surface area contributed by atoms with Crippen molar-refractivity contribution in [3.63, 3.8) is 0 Å². The van der Waals surface area contributed by atoms with Crippen molar-refractivity contribution >= 4 is 23.5 Å². The number of aromatic nitrogens is 1. The SMILES string of the molecule is O=C(N[C@H]1CCC[C@H]1C(=O)O)c1cc(-c2ccccn2)ccc1Cl. The highest BCUT2D eigenvalue weighted by atomic mass is 35.5. The van der Waals surface area contributed by atoms with Gasteiger partial charge in [-0.05, 0) is 37.1 Å². The molecule has 6 heteroatoms. The van der Waals surface area contributed by atoms with Crippen molar-refractivity contribution in [1.82, 2.24) is 10.3 Å². The maximum Gasteiger partial charge on any atom is 0.308 e. The number of hydrogen-bond acceptors (Lipinski definition) is 3. The summed E-state index contributed by atoms with van der Waals surface area (Å²) in [5.41, 5.74) is 1.86. The summed E-state index contributed by atoms with van der Waals surface area (Å²) >= 11 is 6.17. The van der Waals surface area contributed by atoms with Crippen molar-refractivity contribution < 1.29 is 14.7 Å². The number of pyridine rings is 1. The molecule has 0 bridgehead atoms. The van der Waals surface area contributed by atoms with Crippen LogP contribution in [-0.4, -0.2) is 28.0 Å². The Bertz CT molecular complexity index is 764. The zero-order valence-corrected chi connectivity index (χ0v) is 13.7. The van der Waals surface area contributed by atoms with Crippen molar-refractivity contribution in [3.05, 3.63) is 53.2 Å². The number of carbonyl (C=O) groups is 2. The minimum absolute atomic E-state index is 0.329. The first-order valence-electron chi connectivity index (χ1n) is 7.81. The average molecular weight is 345 g/mol. The van der Waals surface area contributed by atoms with Crippen LogP contribution in [0.1, 0.15) is 29.6 Å². The standard InChI is InChI=1S/C18H17ClN2O3/c19-14-8-7-11(15-5-1-2-9-20-15)10-13(14)17(22)21-16-6-3-4-12(16)18(23)24/h1-2,5,7-10,12,16H,3-4,6H2,(H,21,22)(H,23,24)/t12-,16+/m1/s1. The van der Waals surface area contributed by atoms with E-state index in [2.05, 4.69) is 10.3 Å². The molecule has 2 N–H and O–H groups in total. The molecule has 1 saturated carbocycles. The molecular formula is C18H17ClN2O3. The van der Waals surface area contributed by atoms with Gasteiger partial charge in [-0.1, -0.05) is 30.2 Å². The predicted molar refractivity (Wildman–Crippen MR) is 90.9 cm³/mol. The number of nitrogens with zero attached hydrogens (tertiary/aromatic N) is 1. The van der Waals surface area contributed by atoms with Gasteiger partial charge in [-0.15, -0.1) is 0 Å². The lowest BCUT2D eigenvalue weighted by Gasteiger charge is -2.18. The van der Waals surface area contributed by atoms with Gasteiger partial charge in [0.15, 0.2) is 0 Å². The number of amides is 1. The van der Waals surface area contributed by atoms with Gasteiger partial charge in [-0.25, -0.2) is 0 Å². The summed E-state index contributed by atoms with van der Waals surface area (Å²) in [6, 6.07) is 10.3. The maximum absolute atomic E-state index is 12.6. The van der Waals surface area contributed by atoms with Crippen LogP contribution >= 0.6 is 11.6 Å². The Morgan fingerprint density at radius 2 is 2.04 bits per heavy atom. The second-order valence-electron chi connectivity index (χ2n) is 5.87. The number of halogens is 1. The Labute approximate surface area is 144 Å². The highest BCUT2D eigenvalue weighted by Gasteiger charge is 2.34. The second-order valence-corrected chi connectivity index (χ2v) is 6.27. The summed E-state index contributed by atoms with van der Waals surface area (Å²) in [5, 5.41) is 12.4. The number of carboxylic acids is 1. The molecule has 1 fully saturated rings. The van der Waals surface area contributed by atoms with Gasteiger partial charge in [0, 0.05) is 17.8 Å². The monoisotopic (exact) mass is 344 g/mol. The fourth-order valence-corrected chi connectivity index (χ4v) is 3.27. The summed E-state index contributed by atoms with van der Waals surface area (Å²) < 4.78 is 0. The van der Waals surface area contributed by atoms with Crippen LogP contribution in [0.25, 0.3) is 11.3 Å². The highest BCUT2D eigenvalue weighted by Crippen LogP contribution is 2.28. The van der Waals surface area contributed by atoms with E-state index in [0.29, 0.717) is 23.4 Å². The Hall–Kier alpha value is -2.40. The molecule has 0 saturated heterocycles. The lowest BCUT2D eigenvalue weighted by atomic mass is 10.0. The van der Waals surface area contributed by atoms with E-state index >= 15 is 0 Å². The van der Waals surface area contributed by atoms with Crippen LogP contribution in [0, 0.1) is 5.92 Å². The third-order valence-electron chi connectivity index (χ3n) is 4.32. The summed E-state index contributed by atoms with van der Waals surface area (Å²) in [6.07, 6.45) is 3.73. The molecule has 1 aromatic heterocycles. The Balaban J connectivity index is 1.83. The zero-order chi connectivity index (χ0) is 17.1. The van der Waals surface area contributed by atoms with E-state index in [4.69, 9.17) is 11.6 Å². The molecule has 1 heterocycles. The first-order chi connectivity index (χ1) is 11.6. The predicted octanol–water partition coefficient (Wildman–Crippen LogP) is 3.39. The molecule has 2 aromatic rings. The molecular weight excluding hydrogens is 328 g/mol. The Kier molecular flexibility index (Phi) is 4.81. The van der Waals surface area contributed by atoms with Gasteiger partial charge in [-0.3, -0.25) is 14.6 Å². The summed E-state index contributed by atoms with van der Waals surface area (Å²) in [6.45, 7) is 0. The van der Waals surface area contributed by atoms with E-state index in [9.17, 15) is 14.7 Å². The van der Waals surface area contributed by atoms with Gasteiger partial charge in [-0.2, -0.15) is 0 Å². The van der Waals surface area contributed by atoms with E-state index in [1.807, 2.05) is 18.2 Å². The molecule has 0 unspecified atom stereocenters. The topological polar surface area (TPSA) is 79.3 Å². The van der Waals surface area contributed by atoms with E-state index in [0.717, 1.165) is 17.7 Å². The zero-order valence-electron chi connectivity index (χ0n) is 12.9. The number of aliphatic carboxylic acids is 1. The highest BCUT2D eigenvalue weighted by molar-refractivity contribution is 6.34. The van der Waals surface area contributed by atoms with Crippen molar-refractivity contribution in [2.45, 2.75) is 25.3 Å². The lowest BCUT2D eigenvalue weighted by Crippen LogP contribution is -2.40. The molecule has 24 heavy (non-hydrogen) atoms. The van der Waals surface area contributed by atoms with Gasteiger partial charge < -0.3 is 10.4 Å². The summed E-state index contributed by atoms with van der Waals surface area (Å²) in [7, 11) is 0. The molecule has 5 nitrogen and oxygen atoms in total. The fraction of sp³-hybridized carbons (Fsp3) is 0.278. The summed E-state index contributed by atoms with van der Waals surface area (Å²) in [4.78, 5) is 28.1. The number of carboxylic acid groups (broad SMARTS) is 1. The normalized spacial score (nSPS) is 19.9. The first-order valence-corrected chi connectivity index (χ1v) is 8.18.